The van der Waals surface area contributed by atoms with Crippen LogP contribution in [0.15, 0.2) is 42.6 Å². The molecule has 6 heteroatoms. The Kier molecular flexibility index (Phi) is 5.32. The maximum atomic E-state index is 13.8. The van der Waals surface area contributed by atoms with Gasteiger partial charge >= 0.3 is 0 Å². The molecule has 0 fully saturated rings. The quantitative estimate of drug-likeness (QED) is 0.738. The third-order valence-corrected chi connectivity index (χ3v) is 4.20. The van der Waals surface area contributed by atoms with E-state index in [9.17, 15) is 4.39 Å². The third-order valence-electron chi connectivity index (χ3n) is 4.20. The zero-order valence-corrected chi connectivity index (χ0v) is 15.6. The predicted octanol–water partition coefficient (Wildman–Crippen LogP) is 3.38. The molecule has 0 amide bonds. The molecule has 5 nitrogen and oxygen atoms in total. The lowest BCUT2D eigenvalue weighted by Crippen LogP contribution is -2.19. The highest BCUT2D eigenvalue weighted by Gasteiger charge is 2.11. The first kappa shape index (κ1) is 18.1. The molecule has 0 aliphatic rings. The smallest absolute Gasteiger partial charge is 0.132 e. The molecule has 26 heavy (non-hydrogen) atoms. The lowest BCUT2D eigenvalue weighted by molar-refractivity contribution is 0.617. The summed E-state index contributed by atoms with van der Waals surface area (Å²) in [5.41, 5.74) is 4.82. The number of hydrogen-bond donors (Lipinski definition) is 1. The van der Waals surface area contributed by atoms with Gasteiger partial charge in [0.1, 0.15) is 11.6 Å². The van der Waals surface area contributed by atoms with Crippen LogP contribution >= 0.6 is 0 Å². The van der Waals surface area contributed by atoms with Gasteiger partial charge in [0.2, 0.25) is 0 Å². The van der Waals surface area contributed by atoms with Crippen LogP contribution in [0.1, 0.15) is 22.5 Å². The number of benzene rings is 1. The number of anilines is 1. The fourth-order valence-electron chi connectivity index (χ4n) is 3.08. The molecule has 0 aliphatic carbocycles. The molecule has 0 unspecified atom stereocenters. The number of aromatic nitrogens is 3. The summed E-state index contributed by atoms with van der Waals surface area (Å²) in [5, 5.41) is 7.93. The number of nitrogens with zero attached hydrogens (tertiary/aromatic N) is 4. The van der Waals surface area contributed by atoms with Gasteiger partial charge in [0.15, 0.2) is 0 Å². The average Bonchev–Trinajstić information content (AvgIpc) is 2.93. The fourth-order valence-corrected chi connectivity index (χ4v) is 3.08. The van der Waals surface area contributed by atoms with E-state index in [1.54, 1.807) is 18.3 Å². The highest BCUT2D eigenvalue weighted by atomic mass is 19.1. The summed E-state index contributed by atoms with van der Waals surface area (Å²) in [6, 6.07) is 10.8. The van der Waals surface area contributed by atoms with Crippen LogP contribution in [0.4, 0.5) is 10.2 Å². The van der Waals surface area contributed by atoms with Gasteiger partial charge in [0.05, 0.1) is 11.4 Å². The summed E-state index contributed by atoms with van der Waals surface area (Å²) in [4.78, 5) is 6.40. The number of pyridine rings is 1. The van der Waals surface area contributed by atoms with Crippen LogP contribution in [0.5, 0.6) is 0 Å². The van der Waals surface area contributed by atoms with E-state index in [1.165, 1.54) is 6.07 Å². The van der Waals surface area contributed by atoms with Crippen LogP contribution in [0.25, 0.3) is 5.69 Å². The minimum atomic E-state index is -0.248. The molecule has 3 aromatic rings. The Morgan fingerprint density at radius 2 is 1.85 bits per heavy atom. The molecular weight excluding hydrogens is 329 g/mol. The molecule has 0 bridgehead atoms. The van der Waals surface area contributed by atoms with Crippen molar-refractivity contribution in [1.82, 2.24) is 20.1 Å². The van der Waals surface area contributed by atoms with E-state index in [1.807, 2.05) is 55.7 Å². The van der Waals surface area contributed by atoms with Crippen LogP contribution in [0.3, 0.4) is 0 Å². The summed E-state index contributed by atoms with van der Waals surface area (Å²) < 4.78 is 15.7. The second-order valence-corrected chi connectivity index (χ2v) is 6.60. The van der Waals surface area contributed by atoms with E-state index in [-0.39, 0.29) is 5.82 Å². The molecule has 2 heterocycles. The van der Waals surface area contributed by atoms with Crippen molar-refractivity contribution in [2.45, 2.75) is 26.9 Å². The summed E-state index contributed by atoms with van der Waals surface area (Å²) in [6.45, 7) is 5.14. The number of nitrogens with one attached hydrogen (secondary N) is 1. The third kappa shape index (κ3) is 3.91. The molecule has 3 rings (SSSR count). The summed E-state index contributed by atoms with van der Waals surface area (Å²) in [6.07, 6.45) is 1.78. The van der Waals surface area contributed by atoms with Crippen molar-refractivity contribution < 1.29 is 4.39 Å². The Hall–Kier alpha value is -2.73. The summed E-state index contributed by atoms with van der Waals surface area (Å²) >= 11 is 0. The second kappa shape index (κ2) is 7.66. The molecule has 0 radical (unpaired) electrons. The highest BCUT2D eigenvalue weighted by Crippen LogP contribution is 2.19. The van der Waals surface area contributed by atoms with Crippen molar-refractivity contribution in [3.8, 4) is 5.69 Å². The van der Waals surface area contributed by atoms with Crippen LogP contribution in [-0.2, 0) is 13.1 Å². The number of aryl methyl sites for hydroxylation is 2. The Bertz CT molecular complexity index is 901. The molecule has 0 saturated carbocycles. The fraction of sp³-hybridized carbons (Fsp3) is 0.300. The van der Waals surface area contributed by atoms with E-state index < -0.39 is 0 Å². The number of rotatable bonds is 6. The van der Waals surface area contributed by atoms with Crippen molar-refractivity contribution in [1.29, 1.82) is 0 Å². The van der Waals surface area contributed by atoms with Gasteiger partial charge < -0.3 is 10.2 Å². The maximum absolute atomic E-state index is 13.8. The standard InChI is InChI=1S/C20H24FN5/c1-14-10-15(2)26(24-14)19-8-7-18(21)11-17(19)13-22-12-16-6-5-9-23-20(16)25(3)4/h5-11,22H,12-13H2,1-4H3. The van der Waals surface area contributed by atoms with E-state index in [2.05, 4.69) is 15.4 Å². The summed E-state index contributed by atoms with van der Waals surface area (Å²) in [5.74, 6) is 0.681. The zero-order chi connectivity index (χ0) is 18.7. The first-order chi connectivity index (χ1) is 12.5. The molecule has 0 atom stereocenters. The number of halogens is 1. The summed E-state index contributed by atoms with van der Waals surface area (Å²) in [7, 11) is 3.94. The Morgan fingerprint density at radius 1 is 1.08 bits per heavy atom. The highest BCUT2D eigenvalue weighted by molar-refractivity contribution is 5.45. The van der Waals surface area contributed by atoms with Crippen LogP contribution < -0.4 is 10.2 Å². The minimum absolute atomic E-state index is 0.248. The molecule has 0 aliphatic heterocycles. The van der Waals surface area contributed by atoms with Crippen molar-refractivity contribution in [2.24, 2.45) is 0 Å². The molecular formula is C20H24FN5. The lowest BCUT2D eigenvalue weighted by atomic mass is 10.1. The monoisotopic (exact) mass is 353 g/mol. The maximum Gasteiger partial charge on any atom is 0.132 e. The zero-order valence-electron chi connectivity index (χ0n) is 15.6. The van der Waals surface area contributed by atoms with Gasteiger partial charge in [-0.05, 0) is 49.7 Å². The normalized spacial score (nSPS) is 11.0. The molecule has 1 N–H and O–H groups in total. The largest absolute Gasteiger partial charge is 0.362 e. The predicted molar refractivity (Wildman–Crippen MR) is 102 cm³/mol. The number of hydrogen-bond acceptors (Lipinski definition) is 4. The van der Waals surface area contributed by atoms with Crippen molar-refractivity contribution >= 4 is 5.82 Å². The molecule has 2 aromatic heterocycles. The van der Waals surface area contributed by atoms with Gasteiger partial charge in [0.25, 0.3) is 0 Å². The van der Waals surface area contributed by atoms with E-state index >= 15 is 0 Å². The Labute approximate surface area is 153 Å². The first-order valence-electron chi connectivity index (χ1n) is 8.59. The van der Waals surface area contributed by atoms with Crippen LogP contribution in [0, 0.1) is 19.7 Å². The molecule has 0 saturated heterocycles. The van der Waals surface area contributed by atoms with Gasteiger partial charge in [-0.3, -0.25) is 0 Å². The van der Waals surface area contributed by atoms with Crippen LogP contribution in [-0.4, -0.2) is 28.9 Å². The second-order valence-electron chi connectivity index (χ2n) is 6.60. The molecule has 136 valence electrons. The average molecular weight is 353 g/mol. The minimum Gasteiger partial charge on any atom is -0.362 e. The van der Waals surface area contributed by atoms with Gasteiger partial charge in [-0.2, -0.15) is 5.10 Å². The Morgan fingerprint density at radius 3 is 2.54 bits per heavy atom. The van der Waals surface area contributed by atoms with Gasteiger partial charge in [-0.15, -0.1) is 0 Å². The van der Waals surface area contributed by atoms with Crippen molar-refractivity contribution in [3.05, 3.63) is 70.9 Å². The van der Waals surface area contributed by atoms with E-state index in [0.717, 1.165) is 34.0 Å². The lowest BCUT2D eigenvalue weighted by Gasteiger charge is -2.17. The SMILES string of the molecule is Cc1cc(C)n(-c2ccc(F)cc2CNCc2cccnc2N(C)C)n1. The first-order valence-corrected chi connectivity index (χ1v) is 8.59. The Balaban J connectivity index is 1.81. The van der Waals surface area contributed by atoms with Gasteiger partial charge in [-0.1, -0.05) is 6.07 Å². The van der Waals surface area contributed by atoms with E-state index in [4.69, 9.17) is 0 Å². The van der Waals surface area contributed by atoms with Crippen molar-refractivity contribution in [3.63, 3.8) is 0 Å². The van der Waals surface area contributed by atoms with Gasteiger partial charge in [-0.25, -0.2) is 14.1 Å². The topological polar surface area (TPSA) is 46.0 Å². The van der Waals surface area contributed by atoms with Gasteiger partial charge in [0, 0.05) is 44.6 Å². The van der Waals surface area contributed by atoms with Crippen LogP contribution in [0.2, 0.25) is 0 Å². The molecule has 1 aromatic carbocycles. The van der Waals surface area contributed by atoms with Crippen molar-refractivity contribution in [2.75, 3.05) is 19.0 Å². The van der Waals surface area contributed by atoms with E-state index in [0.29, 0.717) is 13.1 Å². The molecule has 0 spiro atoms.